The van der Waals surface area contributed by atoms with Crippen LogP contribution >= 0.6 is 0 Å². The molecule has 0 aromatic heterocycles. The normalized spacial score (nSPS) is 24.5. The maximum absolute atomic E-state index is 12.1. The SMILES string of the molecule is CCC1=[N+](CC)C2C(=O)N(C)C(=O)N(C)C2=N1. The average molecular weight is 237 g/mol. The van der Waals surface area contributed by atoms with Crippen molar-refractivity contribution in [3.8, 4) is 0 Å². The first-order valence-corrected chi connectivity index (χ1v) is 5.79. The summed E-state index contributed by atoms with van der Waals surface area (Å²) in [6.45, 7) is 4.69. The van der Waals surface area contributed by atoms with E-state index in [-0.39, 0.29) is 11.9 Å². The van der Waals surface area contributed by atoms with Crippen LogP contribution in [0.5, 0.6) is 0 Å². The van der Waals surface area contributed by atoms with Crippen LogP contribution in [-0.2, 0) is 4.79 Å². The van der Waals surface area contributed by atoms with Crippen molar-refractivity contribution in [1.29, 1.82) is 0 Å². The Morgan fingerprint density at radius 3 is 2.41 bits per heavy atom. The fourth-order valence-electron chi connectivity index (χ4n) is 2.30. The predicted molar refractivity (Wildman–Crippen MR) is 63.3 cm³/mol. The lowest BCUT2D eigenvalue weighted by atomic mass is 10.1. The van der Waals surface area contributed by atoms with Crippen LogP contribution in [0.2, 0.25) is 0 Å². The number of aliphatic imine (C=N–C) groups is 1. The third-order valence-electron chi connectivity index (χ3n) is 3.27. The van der Waals surface area contributed by atoms with E-state index in [4.69, 9.17) is 0 Å². The van der Waals surface area contributed by atoms with Gasteiger partial charge in [-0.05, 0) is 11.9 Å². The maximum atomic E-state index is 12.1. The van der Waals surface area contributed by atoms with E-state index in [1.54, 1.807) is 7.05 Å². The van der Waals surface area contributed by atoms with E-state index >= 15 is 0 Å². The predicted octanol–water partition coefficient (Wildman–Crippen LogP) is 0.132. The number of nitrogens with zero attached hydrogens (tertiary/aromatic N) is 4. The molecule has 2 heterocycles. The van der Waals surface area contributed by atoms with E-state index in [1.807, 2.05) is 18.4 Å². The highest BCUT2D eigenvalue weighted by Gasteiger charge is 2.52. The van der Waals surface area contributed by atoms with Crippen LogP contribution in [0.25, 0.3) is 0 Å². The number of amides is 3. The minimum absolute atomic E-state index is 0.197. The molecule has 2 rings (SSSR count). The maximum Gasteiger partial charge on any atom is 0.333 e. The lowest BCUT2D eigenvalue weighted by molar-refractivity contribution is -0.532. The summed E-state index contributed by atoms with van der Waals surface area (Å²) in [4.78, 5) is 31.0. The summed E-state index contributed by atoms with van der Waals surface area (Å²) in [5.74, 6) is 1.23. The van der Waals surface area contributed by atoms with Gasteiger partial charge in [-0.2, -0.15) is 0 Å². The number of carbonyl (C=O) groups is 2. The lowest BCUT2D eigenvalue weighted by Gasteiger charge is -2.30. The highest BCUT2D eigenvalue weighted by Crippen LogP contribution is 2.19. The largest absolute Gasteiger partial charge is 0.333 e. The summed E-state index contributed by atoms with van der Waals surface area (Å²) >= 11 is 0. The monoisotopic (exact) mass is 237 g/mol. The first-order valence-electron chi connectivity index (χ1n) is 5.79. The van der Waals surface area contributed by atoms with Crippen molar-refractivity contribution in [2.24, 2.45) is 4.99 Å². The number of fused-ring (bicyclic) bond motifs is 1. The number of carbonyl (C=O) groups excluding carboxylic acids is 2. The van der Waals surface area contributed by atoms with E-state index in [0.717, 1.165) is 17.2 Å². The molecule has 1 unspecified atom stereocenters. The Morgan fingerprint density at radius 1 is 1.24 bits per heavy atom. The van der Waals surface area contributed by atoms with Crippen molar-refractivity contribution < 1.29 is 14.2 Å². The molecule has 6 heteroatoms. The number of amidine groups is 2. The molecule has 0 radical (unpaired) electrons. The molecule has 2 aliphatic heterocycles. The van der Waals surface area contributed by atoms with Crippen molar-refractivity contribution in [3.05, 3.63) is 0 Å². The van der Waals surface area contributed by atoms with Crippen LogP contribution in [0.15, 0.2) is 4.99 Å². The van der Waals surface area contributed by atoms with Gasteiger partial charge in [0.2, 0.25) is 0 Å². The summed E-state index contributed by atoms with van der Waals surface area (Å²) in [6, 6.07) is -0.749. The second-order valence-corrected chi connectivity index (χ2v) is 4.17. The van der Waals surface area contributed by atoms with Gasteiger partial charge in [0.15, 0.2) is 0 Å². The van der Waals surface area contributed by atoms with Gasteiger partial charge in [0, 0.05) is 14.1 Å². The topological polar surface area (TPSA) is 56.0 Å². The zero-order valence-corrected chi connectivity index (χ0v) is 10.6. The molecule has 0 bridgehead atoms. The van der Waals surface area contributed by atoms with Gasteiger partial charge in [-0.1, -0.05) is 6.92 Å². The fourth-order valence-corrected chi connectivity index (χ4v) is 2.30. The quantitative estimate of drug-likeness (QED) is 0.641. The Labute approximate surface area is 100 Å². The Morgan fingerprint density at radius 2 is 1.88 bits per heavy atom. The van der Waals surface area contributed by atoms with E-state index in [9.17, 15) is 9.59 Å². The minimum Gasteiger partial charge on any atom is -0.269 e. The molecule has 1 atom stereocenters. The summed E-state index contributed by atoms with van der Waals surface area (Å²) < 4.78 is 1.96. The van der Waals surface area contributed by atoms with Gasteiger partial charge in [-0.3, -0.25) is 14.6 Å². The molecule has 0 spiro atoms. The summed E-state index contributed by atoms with van der Waals surface area (Å²) in [5.41, 5.74) is 0. The highest BCUT2D eigenvalue weighted by atomic mass is 16.2. The molecule has 92 valence electrons. The molecule has 17 heavy (non-hydrogen) atoms. The van der Waals surface area contributed by atoms with Gasteiger partial charge in [-0.15, -0.1) is 0 Å². The first-order chi connectivity index (χ1) is 8.02. The van der Waals surface area contributed by atoms with E-state index < -0.39 is 6.04 Å². The minimum atomic E-state index is -0.428. The molecule has 0 aromatic rings. The molecule has 2 aliphatic rings. The Hall–Kier alpha value is -1.72. The molecule has 1 fully saturated rings. The van der Waals surface area contributed by atoms with Crippen molar-refractivity contribution >= 4 is 23.6 Å². The molecule has 6 nitrogen and oxygen atoms in total. The number of urea groups is 1. The number of rotatable bonds is 2. The zero-order chi connectivity index (χ0) is 12.7. The van der Waals surface area contributed by atoms with Crippen LogP contribution in [0.3, 0.4) is 0 Å². The van der Waals surface area contributed by atoms with Crippen LogP contribution in [0.4, 0.5) is 4.79 Å². The molecular formula is C11H17N4O2+. The Kier molecular flexibility index (Phi) is 2.73. The highest BCUT2D eigenvalue weighted by molar-refractivity contribution is 6.22. The van der Waals surface area contributed by atoms with Gasteiger partial charge >= 0.3 is 6.03 Å². The summed E-state index contributed by atoms with van der Waals surface area (Å²) in [5, 5.41) is 0. The Balaban J connectivity index is 2.48. The molecule has 0 saturated carbocycles. The van der Waals surface area contributed by atoms with E-state index in [2.05, 4.69) is 4.99 Å². The van der Waals surface area contributed by atoms with Crippen LogP contribution in [0, 0.1) is 0 Å². The zero-order valence-electron chi connectivity index (χ0n) is 10.6. The first kappa shape index (κ1) is 11.8. The summed E-state index contributed by atoms with van der Waals surface area (Å²) in [6.07, 6.45) is 0.757. The summed E-state index contributed by atoms with van der Waals surface area (Å²) in [7, 11) is 3.17. The Bertz CT molecular complexity index is 452. The van der Waals surface area contributed by atoms with Crippen LogP contribution < -0.4 is 0 Å². The van der Waals surface area contributed by atoms with Gasteiger partial charge in [0.25, 0.3) is 23.6 Å². The number of hydrogen-bond donors (Lipinski definition) is 0. The van der Waals surface area contributed by atoms with Crippen molar-refractivity contribution in [1.82, 2.24) is 9.80 Å². The van der Waals surface area contributed by atoms with Gasteiger partial charge < -0.3 is 0 Å². The smallest absolute Gasteiger partial charge is 0.269 e. The standard InChI is InChI=1S/C11H17N4O2/c1-5-7-12-9-8(15(7)6-2)10(16)14(4)11(17)13(9)3/h8H,5-6H2,1-4H3/q+1. The number of hydrogen-bond acceptors (Lipinski definition) is 3. The average Bonchev–Trinajstić information content (AvgIpc) is 2.72. The second kappa shape index (κ2) is 3.94. The lowest BCUT2D eigenvalue weighted by Crippen LogP contribution is -2.61. The number of imide groups is 1. The van der Waals surface area contributed by atoms with Gasteiger partial charge in [0.1, 0.15) is 0 Å². The van der Waals surface area contributed by atoms with Crippen molar-refractivity contribution in [3.63, 3.8) is 0 Å². The van der Waals surface area contributed by atoms with Crippen LogP contribution in [0.1, 0.15) is 20.3 Å². The third kappa shape index (κ3) is 1.47. The fraction of sp³-hybridized carbons (Fsp3) is 0.636. The van der Waals surface area contributed by atoms with E-state index in [1.165, 1.54) is 11.9 Å². The number of likely N-dealkylation sites (N-methyl/N-ethyl adjacent to an activating group) is 3. The second-order valence-electron chi connectivity index (χ2n) is 4.17. The van der Waals surface area contributed by atoms with Crippen molar-refractivity contribution in [2.75, 3.05) is 20.6 Å². The third-order valence-corrected chi connectivity index (χ3v) is 3.27. The van der Waals surface area contributed by atoms with Crippen LogP contribution in [-0.4, -0.2) is 64.7 Å². The van der Waals surface area contributed by atoms with Crippen molar-refractivity contribution in [2.45, 2.75) is 26.3 Å². The molecular weight excluding hydrogens is 220 g/mol. The molecule has 0 aromatic carbocycles. The molecule has 1 saturated heterocycles. The van der Waals surface area contributed by atoms with Gasteiger partial charge in [0.05, 0.1) is 13.0 Å². The molecule has 0 aliphatic carbocycles. The molecule has 3 amide bonds. The molecule has 0 N–H and O–H groups in total. The van der Waals surface area contributed by atoms with Gasteiger partial charge in [-0.25, -0.2) is 9.37 Å². The van der Waals surface area contributed by atoms with E-state index in [0.29, 0.717) is 12.4 Å².